The van der Waals surface area contributed by atoms with E-state index < -0.39 is 0 Å². The molecule has 1 aliphatic heterocycles. The van der Waals surface area contributed by atoms with Crippen LogP contribution in [0.15, 0.2) is 41.5 Å². The van der Waals surface area contributed by atoms with Crippen LogP contribution in [0, 0.1) is 18.7 Å². The number of aryl methyl sites for hydroxylation is 1. The molecule has 0 spiro atoms. The molecule has 0 atom stereocenters. The monoisotopic (exact) mass is 314 g/mol. The Bertz CT molecular complexity index is 728. The predicted molar refractivity (Wildman–Crippen MR) is 91.1 cm³/mol. The molecule has 23 heavy (non-hydrogen) atoms. The molecule has 0 radical (unpaired) electrons. The van der Waals surface area contributed by atoms with Crippen molar-refractivity contribution in [2.45, 2.75) is 26.3 Å². The summed E-state index contributed by atoms with van der Waals surface area (Å²) in [6, 6.07) is 6.15. The summed E-state index contributed by atoms with van der Waals surface area (Å²) in [4.78, 5) is 14.8. The second-order valence-corrected chi connectivity index (χ2v) is 6.63. The fourth-order valence-electron chi connectivity index (χ4n) is 3.26. The van der Waals surface area contributed by atoms with E-state index >= 15 is 0 Å². The zero-order valence-corrected chi connectivity index (χ0v) is 13.8. The number of aromatic nitrogens is 1. The van der Waals surface area contributed by atoms with Crippen molar-refractivity contribution < 1.29 is 4.39 Å². The van der Waals surface area contributed by atoms with E-state index in [9.17, 15) is 9.18 Å². The van der Waals surface area contributed by atoms with Gasteiger partial charge in [-0.25, -0.2) is 4.39 Å². The predicted octanol–water partition coefficient (Wildman–Crippen LogP) is 3.30. The molecule has 4 heteroatoms. The van der Waals surface area contributed by atoms with Gasteiger partial charge in [-0.2, -0.15) is 0 Å². The smallest absolute Gasteiger partial charge is 0.192 e. The minimum atomic E-state index is -0.284. The van der Waals surface area contributed by atoms with Crippen LogP contribution in [-0.4, -0.2) is 29.6 Å². The molecule has 0 aliphatic carbocycles. The van der Waals surface area contributed by atoms with Gasteiger partial charge < -0.3 is 9.47 Å². The van der Waals surface area contributed by atoms with Gasteiger partial charge in [-0.1, -0.05) is 12.1 Å². The SMILES string of the molecule is Cc1cn(CC2CCN(C)CC2)cc(-c2ccc(F)cc2)c1=O. The number of nitrogens with zero attached hydrogens (tertiary/aromatic N) is 2. The molecule has 1 fully saturated rings. The van der Waals surface area contributed by atoms with Crippen LogP contribution in [0.1, 0.15) is 18.4 Å². The van der Waals surface area contributed by atoms with Crippen molar-refractivity contribution in [2.75, 3.05) is 20.1 Å². The summed E-state index contributed by atoms with van der Waals surface area (Å²) < 4.78 is 15.2. The van der Waals surface area contributed by atoms with Gasteiger partial charge in [0.05, 0.1) is 0 Å². The molecule has 1 saturated heterocycles. The number of benzene rings is 1. The minimum Gasteiger partial charge on any atom is -0.353 e. The third-order valence-electron chi connectivity index (χ3n) is 4.72. The average Bonchev–Trinajstić information content (AvgIpc) is 2.54. The van der Waals surface area contributed by atoms with Crippen molar-refractivity contribution in [1.29, 1.82) is 0 Å². The van der Waals surface area contributed by atoms with Crippen LogP contribution in [0.4, 0.5) is 4.39 Å². The van der Waals surface area contributed by atoms with Crippen molar-refractivity contribution in [3.8, 4) is 11.1 Å². The van der Waals surface area contributed by atoms with Crippen LogP contribution < -0.4 is 5.43 Å². The molecule has 0 unspecified atom stereocenters. The van der Waals surface area contributed by atoms with Crippen LogP contribution in [0.3, 0.4) is 0 Å². The molecule has 0 saturated carbocycles. The number of likely N-dealkylation sites (tertiary alicyclic amines) is 1. The zero-order valence-electron chi connectivity index (χ0n) is 13.8. The van der Waals surface area contributed by atoms with Gasteiger partial charge in [-0.15, -0.1) is 0 Å². The molecule has 3 nitrogen and oxygen atoms in total. The van der Waals surface area contributed by atoms with E-state index in [0.717, 1.165) is 30.8 Å². The quantitative estimate of drug-likeness (QED) is 0.868. The topological polar surface area (TPSA) is 25.2 Å². The number of hydrogen-bond acceptors (Lipinski definition) is 2. The largest absolute Gasteiger partial charge is 0.353 e. The first kappa shape index (κ1) is 15.9. The van der Waals surface area contributed by atoms with Crippen LogP contribution in [-0.2, 0) is 6.54 Å². The van der Waals surface area contributed by atoms with Crippen LogP contribution >= 0.6 is 0 Å². The molecule has 2 heterocycles. The summed E-state index contributed by atoms with van der Waals surface area (Å²) in [5.74, 6) is 0.363. The van der Waals surface area contributed by atoms with Crippen molar-refractivity contribution in [3.63, 3.8) is 0 Å². The Kier molecular flexibility index (Phi) is 4.62. The molecule has 2 aromatic rings. The molecular weight excluding hydrogens is 291 g/mol. The molecule has 122 valence electrons. The number of piperidine rings is 1. The maximum absolute atomic E-state index is 13.1. The third-order valence-corrected chi connectivity index (χ3v) is 4.72. The zero-order chi connectivity index (χ0) is 16.4. The van der Waals surface area contributed by atoms with Gasteiger partial charge in [0.1, 0.15) is 5.82 Å². The molecule has 1 aromatic heterocycles. The summed E-state index contributed by atoms with van der Waals surface area (Å²) in [6.07, 6.45) is 6.23. The number of halogens is 1. The first-order valence-corrected chi connectivity index (χ1v) is 8.18. The lowest BCUT2D eigenvalue weighted by Gasteiger charge is -2.29. The molecule has 3 rings (SSSR count). The highest BCUT2D eigenvalue weighted by molar-refractivity contribution is 5.62. The Hall–Kier alpha value is -1.94. The number of pyridine rings is 1. The van der Waals surface area contributed by atoms with E-state index in [1.165, 1.54) is 25.0 Å². The van der Waals surface area contributed by atoms with Crippen molar-refractivity contribution in [2.24, 2.45) is 5.92 Å². The average molecular weight is 314 g/mol. The van der Waals surface area contributed by atoms with E-state index in [1.807, 2.05) is 19.3 Å². The molecule has 0 N–H and O–H groups in total. The fourth-order valence-corrected chi connectivity index (χ4v) is 3.26. The van der Waals surface area contributed by atoms with E-state index in [0.29, 0.717) is 11.5 Å². The van der Waals surface area contributed by atoms with Gasteiger partial charge in [-0.3, -0.25) is 4.79 Å². The van der Waals surface area contributed by atoms with Crippen LogP contribution in [0.5, 0.6) is 0 Å². The lowest BCUT2D eigenvalue weighted by Crippen LogP contribution is -2.32. The minimum absolute atomic E-state index is 0.0243. The maximum atomic E-state index is 13.1. The Balaban J connectivity index is 1.87. The molecule has 1 aromatic carbocycles. The van der Waals surface area contributed by atoms with E-state index in [2.05, 4.69) is 16.5 Å². The highest BCUT2D eigenvalue weighted by Crippen LogP contribution is 2.20. The van der Waals surface area contributed by atoms with Crippen LogP contribution in [0.25, 0.3) is 11.1 Å². The summed E-state index contributed by atoms with van der Waals surface area (Å²) >= 11 is 0. The second-order valence-electron chi connectivity index (χ2n) is 6.63. The summed E-state index contributed by atoms with van der Waals surface area (Å²) in [7, 11) is 2.16. The highest BCUT2D eigenvalue weighted by Gasteiger charge is 2.17. The van der Waals surface area contributed by atoms with Crippen LogP contribution in [0.2, 0.25) is 0 Å². The van der Waals surface area contributed by atoms with E-state index in [4.69, 9.17) is 0 Å². The van der Waals surface area contributed by atoms with Crippen molar-refractivity contribution in [3.05, 3.63) is 58.3 Å². The first-order valence-electron chi connectivity index (χ1n) is 8.18. The van der Waals surface area contributed by atoms with E-state index in [-0.39, 0.29) is 11.2 Å². The summed E-state index contributed by atoms with van der Waals surface area (Å²) in [6.45, 7) is 5.05. The molecule has 1 aliphatic rings. The normalized spacial score (nSPS) is 16.7. The Morgan fingerprint density at radius 2 is 1.78 bits per heavy atom. The fraction of sp³-hybridized carbons (Fsp3) is 0.421. The summed E-state index contributed by atoms with van der Waals surface area (Å²) in [5, 5.41) is 0. The number of hydrogen-bond donors (Lipinski definition) is 0. The lowest BCUT2D eigenvalue weighted by molar-refractivity contribution is 0.205. The third kappa shape index (κ3) is 3.70. The first-order chi connectivity index (χ1) is 11.0. The van der Waals surface area contributed by atoms with E-state index in [1.54, 1.807) is 12.1 Å². The Morgan fingerprint density at radius 3 is 2.43 bits per heavy atom. The molecule has 0 bridgehead atoms. The van der Waals surface area contributed by atoms with Crippen molar-refractivity contribution >= 4 is 0 Å². The van der Waals surface area contributed by atoms with Gasteiger partial charge in [0, 0.05) is 30.1 Å². The molecular formula is C19H23FN2O. The van der Waals surface area contributed by atoms with Gasteiger partial charge in [0.25, 0.3) is 0 Å². The second kappa shape index (κ2) is 6.67. The Labute approximate surface area is 136 Å². The number of rotatable bonds is 3. The van der Waals surface area contributed by atoms with Gasteiger partial charge in [0.2, 0.25) is 0 Å². The standard InChI is InChI=1S/C19H23FN2O/c1-14-11-22(12-15-7-9-21(2)10-8-15)13-18(19(14)23)16-3-5-17(20)6-4-16/h3-6,11,13,15H,7-10,12H2,1-2H3. The lowest BCUT2D eigenvalue weighted by atomic mass is 9.96. The van der Waals surface area contributed by atoms with Gasteiger partial charge in [-0.05, 0) is 63.5 Å². The Morgan fingerprint density at radius 1 is 1.13 bits per heavy atom. The molecule has 0 amide bonds. The summed E-state index contributed by atoms with van der Waals surface area (Å²) in [5.41, 5.74) is 2.19. The van der Waals surface area contributed by atoms with Crippen molar-refractivity contribution in [1.82, 2.24) is 9.47 Å². The van der Waals surface area contributed by atoms with Gasteiger partial charge >= 0.3 is 0 Å². The van der Waals surface area contributed by atoms with Gasteiger partial charge in [0.15, 0.2) is 5.43 Å². The highest BCUT2D eigenvalue weighted by atomic mass is 19.1. The maximum Gasteiger partial charge on any atom is 0.192 e.